The van der Waals surface area contributed by atoms with Crippen molar-refractivity contribution < 1.29 is 0 Å². The number of hydrogen-bond acceptors (Lipinski definition) is 3. The van der Waals surface area contributed by atoms with E-state index in [9.17, 15) is 0 Å². The van der Waals surface area contributed by atoms with Gasteiger partial charge in [0.1, 0.15) is 0 Å². The molecule has 0 unspecified atom stereocenters. The Balaban J connectivity index is -0.000000320. The molecule has 70 valence electrons. The van der Waals surface area contributed by atoms with Gasteiger partial charge in [-0.15, -0.1) is 24.8 Å². The third-order valence-corrected chi connectivity index (χ3v) is 1.49. The molecule has 0 aliphatic carbocycles. The number of nitrogens with one attached hydrogen (secondary N) is 1. The van der Waals surface area contributed by atoms with Crippen molar-refractivity contribution >= 4 is 41.7 Å². The molecule has 0 aromatic carbocycles. The Bertz CT molecular complexity index is 99.7. The Morgan fingerprint density at radius 2 is 1.91 bits per heavy atom. The highest BCUT2D eigenvalue weighted by Gasteiger charge is 1.91. The Morgan fingerprint density at radius 3 is 2.18 bits per heavy atom. The highest BCUT2D eigenvalue weighted by molar-refractivity contribution is 8.13. The van der Waals surface area contributed by atoms with E-state index in [2.05, 4.69) is 4.90 Å². The van der Waals surface area contributed by atoms with Gasteiger partial charge in [0, 0.05) is 12.3 Å². The van der Waals surface area contributed by atoms with E-state index in [1.54, 1.807) is 0 Å². The molecule has 0 aromatic heterocycles. The molecule has 0 aliphatic rings. The Hall–Kier alpha value is 0.360. The molecule has 0 amide bonds. The normalized spacial score (nSPS) is 8.27. The lowest BCUT2D eigenvalue weighted by atomic mass is 10.7. The summed E-state index contributed by atoms with van der Waals surface area (Å²) in [5, 5.41) is 7.07. The molecule has 0 aromatic rings. The molecular formula is C5H15Cl2N3S. The van der Waals surface area contributed by atoms with Crippen LogP contribution >= 0.6 is 36.6 Å². The summed E-state index contributed by atoms with van der Waals surface area (Å²) in [6.07, 6.45) is 0. The van der Waals surface area contributed by atoms with Crippen molar-refractivity contribution in [3.8, 4) is 0 Å². The minimum Gasteiger partial charge on any atom is -0.379 e. The van der Waals surface area contributed by atoms with Crippen LogP contribution < -0.4 is 5.73 Å². The van der Waals surface area contributed by atoms with E-state index in [0.717, 1.165) is 12.3 Å². The van der Waals surface area contributed by atoms with Crippen LogP contribution in [-0.2, 0) is 0 Å². The molecule has 0 heterocycles. The van der Waals surface area contributed by atoms with Crippen molar-refractivity contribution in [1.82, 2.24) is 4.90 Å². The summed E-state index contributed by atoms with van der Waals surface area (Å²) in [5.41, 5.74) is 5.11. The molecule has 0 saturated carbocycles. The first-order valence-corrected chi connectivity index (χ1v) is 3.73. The van der Waals surface area contributed by atoms with Crippen molar-refractivity contribution in [3.63, 3.8) is 0 Å². The van der Waals surface area contributed by atoms with Gasteiger partial charge in [-0.2, -0.15) is 0 Å². The fourth-order valence-electron chi connectivity index (χ4n) is 0.338. The molecule has 6 heteroatoms. The SMILES string of the molecule is CN(C)CCSC(=N)N.Cl.Cl. The summed E-state index contributed by atoms with van der Waals surface area (Å²) in [6.45, 7) is 0.976. The number of thioether (sulfide) groups is 1. The molecule has 3 nitrogen and oxygen atoms in total. The summed E-state index contributed by atoms with van der Waals surface area (Å²) < 4.78 is 0. The molecule has 0 radical (unpaired) electrons. The van der Waals surface area contributed by atoms with Gasteiger partial charge < -0.3 is 10.6 Å². The summed E-state index contributed by atoms with van der Waals surface area (Å²) in [7, 11) is 4.00. The third-order valence-electron chi connectivity index (χ3n) is 0.796. The van der Waals surface area contributed by atoms with Crippen molar-refractivity contribution in [1.29, 1.82) is 5.41 Å². The number of halogens is 2. The first-order chi connectivity index (χ1) is 4.13. The van der Waals surface area contributed by atoms with Crippen LogP contribution in [0.25, 0.3) is 0 Å². The van der Waals surface area contributed by atoms with E-state index in [-0.39, 0.29) is 30.0 Å². The van der Waals surface area contributed by atoms with Crippen LogP contribution in [0.5, 0.6) is 0 Å². The number of hydrogen-bond donors (Lipinski definition) is 2. The van der Waals surface area contributed by atoms with Crippen LogP contribution in [0.2, 0.25) is 0 Å². The molecule has 0 atom stereocenters. The van der Waals surface area contributed by atoms with Crippen LogP contribution in [0.15, 0.2) is 0 Å². The second kappa shape index (κ2) is 10.4. The van der Waals surface area contributed by atoms with Crippen molar-refractivity contribution in [3.05, 3.63) is 0 Å². The Labute approximate surface area is 84.4 Å². The third kappa shape index (κ3) is 17.9. The fraction of sp³-hybridized carbons (Fsp3) is 0.800. The zero-order valence-electron chi connectivity index (χ0n) is 6.66. The molecule has 0 saturated heterocycles. The lowest BCUT2D eigenvalue weighted by molar-refractivity contribution is 0.437. The fourth-order valence-corrected chi connectivity index (χ4v) is 1.01. The predicted molar refractivity (Wildman–Crippen MR) is 57.4 cm³/mol. The molecular weight excluding hydrogens is 205 g/mol. The molecule has 3 N–H and O–H groups in total. The van der Waals surface area contributed by atoms with E-state index in [1.165, 1.54) is 11.8 Å². The maximum atomic E-state index is 6.86. The molecule has 0 fully saturated rings. The maximum Gasteiger partial charge on any atom is 0.151 e. The number of nitrogens with zero attached hydrogens (tertiary/aromatic N) is 1. The average Bonchev–Trinajstić information content (AvgIpc) is 1.63. The van der Waals surface area contributed by atoms with Gasteiger partial charge in [-0.25, -0.2) is 0 Å². The number of amidine groups is 1. The van der Waals surface area contributed by atoms with Crippen LogP contribution in [0.1, 0.15) is 0 Å². The monoisotopic (exact) mass is 219 g/mol. The molecule has 0 bridgehead atoms. The molecule has 0 aliphatic heterocycles. The average molecular weight is 220 g/mol. The van der Waals surface area contributed by atoms with Crippen molar-refractivity contribution in [2.45, 2.75) is 0 Å². The van der Waals surface area contributed by atoms with Crippen LogP contribution in [0.3, 0.4) is 0 Å². The summed E-state index contributed by atoms with van der Waals surface area (Å²) in [5.74, 6) is 0.905. The molecule has 0 spiro atoms. The minimum absolute atomic E-state index is 0. The van der Waals surface area contributed by atoms with Gasteiger partial charge in [0.2, 0.25) is 0 Å². The first kappa shape index (κ1) is 17.4. The lowest BCUT2D eigenvalue weighted by Crippen LogP contribution is -2.17. The van der Waals surface area contributed by atoms with E-state index in [4.69, 9.17) is 11.1 Å². The molecule has 0 rings (SSSR count). The van der Waals surface area contributed by atoms with Crippen molar-refractivity contribution in [2.24, 2.45) is 5.73 Å². The number of nitrogens with two attached hydrogens (primary N) is 1. The minimum atomic E-state index is 0. The van der Waals surface area contributed by atoms with Gasteiger partial charge in [-0.3, -0.25) is 5.41 Å². The highest BCUT2D eigenvalue weighted by atomic mass is 35.5. The van der Waals surface area contributed by atoms with Gasteiger partial charge in [0.25, 0.3) is 0 Å². The van der Waals surface area contributed by atoms with Gasteiger partial charge >= 0.3 is 0 Å². The summed E-state index contributed by atoms with van der Waals surface area (Å²) in [6, 6.07) is 0. The predicted octanol–water partition coefficient (Wildman–Crippen LogP) is 1.02. The van der Waals surface area contributed by atoms with Crippen molar-refractivity contribution in [2.75, 3.05) is 26.4 Å². The first-order valence-electron chi connectivity index (χ1n) is 2.74. The second-order valence-corrected chi connectivity index (χ2v) is 3.15. The van der Waals surface area contributed by atoms with Crippen LogP contribution in [0, 0.1) is 5.41 Å². The Kier molecular flexibility index (Phi) is 16.4. The van der Waals surface area contributed by atoms with Crippen LogP contribution in [0.4, 0.5) is 0 Å². The maximum absolute atomic E-state index is 6.86. The van der Waals surface area contributed by atoms with E-state index >= 15 is 0 Å². The summed E-state index contributed by atoms with van der Waals surface area (Å²) in [4.78, 5) is 2.07. The standard InChI is InChI=1S/C5H13N3S.2ClH/c1-8(2)3-4-9-5(6)7;;/h3-4H2,1-2H3,(H3,6,7);2*1H. The zero-order chi connectivity index (χ0) is 7.28. The van der Waals surface area contributed by atoms with Gasteiger partial charge in [-0.1, -0.05) is 11.8 Å². The highest BCUT2D eigenvalue weighted by Crippen LogP contribution is 1.96. The van der Waals surface area contributed by atoms with E-state index < -0.39 is 0 Å². The topological polar surface area (TPSA) is 53.1 Å². The van der Waals surface area contributed by atoms with Gasteiger partial charge in [0.05, 0.1) is 0 Å². The summed E-state index contributed by atoms with van der Waals surface area (Å²) >= 11 is 1.38. The van der Waals surface area contributed by atoms with E-state index in [0.29, 0.717) is 0 Å². The van der Waals surface area contributed by atoms with Gasteiger partial charge in [-0.05, 0) is 14.1 Å². The van der Waals surface area contributed by atoms with Gasteiger partial charge in [0.15, 0.2) is 5.17 Å². The Morgan fingerprint density at radius 1 is 1.45 bits per heavy atom. The van der Waals surface area contributed by atoms with Crippen LogP contribution in [-0.4, -0.2) is 36.5 Å². The largest absolute Gasteiger partial charge is 0.379 e. The molecule has 11 heavy (non-hydrogen) atoms. The lowest BCUT2D eigenvalue weighted by Gasteiger charge is -2.06. The van der Waals surface area contributed by atoms with E-state index in [1.807, 2.05) is 14.1 Å². The quantitative estimate of drug-likeness (QED) is 0.551. The zero-order valence-corrected chi connectivity index (χ0v) is 9.11. The second-order valence-electron chi connectivity index (χ2n) is 2.02. The number of rotatable bonds is 3. The smallest absolute Gasteiger partial charge is 0.151 e.